The Morgan fingerprint density at radius 2 is 1.95 bits per heavy atom. The molecule has 1 aliphatic carbocycles. The van der Waals surface area contributed by atoms with Crippen LogP contribution in [0.3, 0.4) is 0 Å². The van der Waals surface area contributed by atoms with Crippen LogP contribution in [0.2, 0.25) is 0 Å². The number of ether oxygens (including phenoxy) is 1. The highest BCUT2D eigenvalue weighted by atomic mass is 79.9. The van der Waals surface area contributed by atoms with Gasteiger partial charge in [-0.2, -0.15) is 0 Å². The summed E-state index contributed by atoms with van der Waals surface area (Å²) < 4.78 is 5.49. The van der Waals surface area contributed by atoms with Crippen LogP contribution in [0.4, 0.5) is 0 Å². The van der Waals surface area contributed by atoms with Gasteiger partial charge in [0.1, 0.15) is 0 Å². The second-order valence-electron chi connectivity index (χ2n) is 5.33. The molecule has 2 heterocycles. The molecule has 1 aliphatic heterocycles. The molecule has 2 aliphatic rings. The molecule has 0 saturated heterocycles. The first kappa shape index (κ1) is 12.1. The molecule has 1 nitrogen and oxygen atoms in total. The van der Waals surface area contributed by atoms with Gasteiger partial charge in [-0.05, 0) is 47.6 Å². The molecule has 98 valence electrons. The number of rotatable bonds is 2. The molecular weight excluding hydrogens is 320 g/mol. The van der Waals surface area contributed by atoms with E-state index in [9.17, 15) is 0 Å². The molecule has 2 aromatic rings. The standard InChI is InChI=1S/C16H15BrOS/c17-16(15-7-10-2-1-3-14(10)19-15)11-4-5-12-8-18-9-13(12)6-11/h4-7,16H,1-3,8-9H2. The van der Waals surface area contributed by atoms with Crippen molar-refractivity contribution in [3.8, 4) is 0 Å². The SMILES string of the molecule is BrC(c1ccc2c(c1)COC2)c1cc2c(s1)CCC2. The van der Waals surface area contributed by atoms with E-state index in [0.29, 0.717) is 4.83 Å². The van der Waals surface area contributed by atoms with Crippen LogP contribution >= 0.6 is 27.3 Å². The van der Waals surface area contributed by atoms with Crippen molar-refractivity contribution in [3.63, 3.8) is 0 Å². The molecule has 4 rings (SSSR count). The number of thiophene rings is 1. The van der Waals surface area contributed by atoms with E-state index in [2.05, 4.69) is 40.2 Å². The van der Waals surface area contributed by atoms with E-state index in [1.54, 1.807) is 10.4 Å². The first-order valence-electron chi connectivity index (χ1n) is 6.76. The van der Waals surface area contributed by atoms with Crippen LogP contribution < -0.4 is 0 Å². The van der Waals surface area contributed by atoms with E-state index >= 15 is 0 Å². The molecule has 0 spiro atoms. The van der Waals surface area contributed by atoms with Crippen molar-refractivity contribution in [1.29, 1.82) is 0 Å². The third-order valence-corrected chi connectivity index (χ3v) is 6.68. The van der Waals surface area contributed by atoms with E-state index < -0.39 is 0 Å². The predicted molar refractivity (Wildman–Crippen MR) is 82.0 cm³/mol. The van der Waals surface area contributed by atoms with Gasteiger partial charge < -0.3 is 4.74 Å². The summed E-state index contributed by atoms with van der Waals surface area (Å²) in [6.45, 7) is 1.54. The predicted octanol–water partition coefficient (Wildman–Crippen LogP) is 4.75. The Labute approximate surface area is 125 Å². The molecule has 0 bridgehead atoms. The monoisotopic (exact) mass is 334 g/mol. The number of halogens is 1. The second kappa shape index (κ2) is 4.72. The fraction of sp³-hybridized carbons (Fsp3) is 0.375. The smallest absolute Gasteiger partial charge is 0.0738 e. The first-order valence-corrected chi connectivity index (χ1v) is 8.49. The van der Waals surface area contributed by atoms with Gasteiger partial charge in [0.05, 0.1) is 18.0 Å². The Morgan fingerprint density at radius 1 is 1.05 bits per heavy atom. The van der Waals surface area contributed by atoms with Gasteiger partial charge >= 0.3 is 0 Å². The third-order valence-electron chi connectivity index (χ3n) is 4.05. The first-order chi connectivity index (χ1) is 9.31. The largest absolute Gasteiger partial charge is 0.372 e. The molecule has 0 fully saturated rings. The van der Waals surface area contributed by atoms with E-state index in [1.807, 2.05) is 11.3 Å². The van der Waals surface area contributed by atoms with E-state index in [0.717, 1.165) is 13.2 Å². The van der Waals surface area contributed by atoms with Crippen molar-refractivity contribution in [3.05, 3.63) is 56.3 Å². The van der Waals surface area contributed by atoms with Crippen LogP contribution in [0.5, 0.6) is 0 Å². The van der Waals surface area contributed by atoms with Crippen LogP contribution in [-0.2, 0) is 30.8 Å². The van der Waals surface area contributed by atoms with Gasteiger partial charge in [0.2, 0.25) is 0 Å². The molecule has 0 saturated carbocycles. The minimum absolute atomic E-state index is 0.328. The van der Waals surface area contributed by atoms with E-state index in [-0.39, 0.29) is 0 Å². The number of alkyl halides is 1. The summed E-state index contributed by atoms with van der Waals surface area (Å²) in [5.41, 5.74) is 5.63. The van der Waals surface area contributed by atoms with Gasteiger partial charge in [0.15, 0.2) is 0 Å². The van der Waals surface area contributed by atoms with E-state index in [4.69, 9.17) is 4.74 Å². The highest BCUT2D eigenvalue weighted by Gasteiger charge is 2.21. The van der Waals surface area contributed by atoms with Gasteiger partial charge in [-0.1, -0.05) is 34.1 Å². The second-order valence-corrected chi connectivity index (χ2v) is 7.42. The van der Waals surface area contributed by atoms with Crippen molar-refractivity contribution < 1.29 is 4.74 Å². The molecular formula is C16H15BrOS. The number of benzene rings is 1. The topological polar surface area (TPSA) is 9.23 Å². The quantitative estimate of drug-likeness (QED) is 0.720. The van der Waals surface area contributed by atoms with Gasteiger partial charge in [-0.3, -0.25) is 0 Å². The number of aryl methyl sites for hydroxylation is 2. The Bertz CT molecular complexity index is 610. The summed E-state index contributed by atoms with van der Waals surface area (Å²) in [6.07, 6.45) is 3.88. The fourth-order valence-corrected chi connectivity index (χ4v) is 4.95. The molecule has 1 atom stereocenters. The van der Waals surface area contributed by atoms with Crippen molar-refractivity contribution >= 4 is 27.3 Å². The summed E-state index contributed by atoms with van der Waals surface area (Å²) in [7, 11) is 0. The lowest BCUT2D eigenvalue weighted by Crippen LogP contribution is -1.92. The maximum Gasteiger partial charge on any atom is 0.0738 e. The van der Waals surface area contributed by atoms with Crippen molar-refractivity contribution in [2.75, 3.05) is 0 Å². The molecule has 0 amide bonds. The van der Waals surface area contributed by atoms with Gasteiger partial charge in [0.25, 0.3) is 0 Å². The highest BCUT2D eigenvalue weighted by molar-refractivity contribution is 9.09. The summed E-state index contributed by atoms with van der Waals surface area (Å²) >= 11 is 5.85. The zero-order valence-corrected chi connectivity index (χ0v) is 13.0. The lowest BCUT2D eigenvalue weighted by atomic mass is 10.0. The lowest BCUT2D eigenvalue weighted by Gasteiger charge is -2.10. The minimum Gasteiger partial charge on any atom is -0.372 e. The van der Waals surface area contributed by atoms with Crippen LogP contribution in [0, 0.1) is 0 Å². The zero-order valence-electron chi connectivity index (χ0n) is 10.6. The summed E-state index contributed by atoms with van der Waals surface area (Å²) in [5.74, 6) is 0. The van der Waals surface area contributed by atoms with Crippen molar-refractivity contribution in [2.45, 2.75) is 37.3 Å². The van der Waals surface area contributed by atoms with Crippen molar-refractivity contribution in [1.82, 2.24) is 0 Å². The van der Waals surface area contributed by atoms with Crippen LogP contribution in [0.15, 0.2) is 24.3 Å². The molecule has 1 aromatic heterocycles. The molecule has 1 aromatic carbocycles. The summed E-state index contributed by atoms with van der Waals surface area (Å²) in [5, 5.41) is 0. The maximum absolute atomic E-state index is 5.49. The zero-order chi connectivity index (χ0) is 12.8. The highest BCUT2D eigenvalue weighted by Crippen LogP contribution is 2.40. The minimum atomic E-state index is 0.328. The normalized spacial score (nSPS) is 18.4. The van der Waals surface area contributed by atoms with Crippen LogP contribution in [-0.4, -0.2) is 0 Å². The lowest BCUT2D eigenvalue weighted by molar-refractivity contribution is 0.134. The van der Waals surface area contributed by atoms with Crippen LogP contribution in [0.25, 0.3) is 0 Å². The van der Waals surface area contributed by atoms with Crippen LogP contribution in [0.1, 0.15) is 43.3 Å². The van der Waals surface area contributed by atoms with Crippen molar-refractivity contribution in [2.24, 2.45) is 0 Å². The van der Waals surface area contributed by atoms with Gasteiger partial charge in [-0.25, -0.2) is 0 Å². The third kappa shape index (κ3) is 2.08. The Balaban J connectivity index is 1.67. The summed E-state index contributed by atoms with van der Waals surface area (Å²) in [4.78, 5) is 3.38. The maximum atomic E-state index is 5.49. The number of hydrogen-bond donors (Lipinski definition) is 0. The molecule has 3 heteroatoms. The number of fused-ring (bicyclic) bond motifs is 2. The molecule has 19 heavy (non-hydrogen) atoms. The average Bonchev–Trinajstić information content (AvgIpc) is 3.11. The molecule has 0 N–H and O–H groups in total. The summed E-state index contributed by atoms with van der Waals surface area (Å²) in [6, 6.07) is 9.15. The Kier molecular flexibility index (Phi) is 3.02. The average molecular weight is 335 g/mol. The molecule has 1 unspecified atom stereocenters. The van der Waals surface area contributed by atoms with E-state index in [1.165, 1.54) is 40.8 Å². The Hall–Kier alpha value is -0.640. The fourth-order valence-electron chi connectivity index (χ4n) is 2.99. The van der Waals surface area contributed by atoms with Gasteiger partial charge in [0, 0.05) is 9.75 Å². The number of hydrogen-bond acceptors (Lipinski definition) is 2. The molecule has 0 radical (unpaired) electrons. The Morgan fingerprint density at radius 3 is 2.84 bits per heavy atom. The van der Waals surface area contributed by atoms with Gasteiger partial charge in [-0.15, -0.1) is 11.3 Å².